The Morgan fingerprint density at radius 2 is 1.82 bits per heavy atom. The monoisotopic (exact) mass is 544 g/mol. The standard InChI is InChI=1S/C25H26F2N6O4S/c1-3-9-38(35,36)33-22-20(26)6-5-17(21(22)27)23(34)19-14-30-24-18(19)10-15(11-29-24)16-12-31-25(32-13-16)28-7-4-8-37-2/h5-6,10-14,33H,3-4,7-9H2,1-2H3,(H,29,30)(H,28,31,32). The molecule has 0 unspecified atom stereocenters. The van der Waals surface area contributed by atoms with E-state index in [9.17, 15) is 17.6 Å². The predicted octanol–water partition coefficient (Wildman–Crippen LogP) is 4.13. The van der Waals surface area contributed by atoms with Gasteiger partial charge in [0.1, 0.15) is 17.2 Å². The zero-order valence-corrected chi connectivity index (χ0v) is 21.5. The van der Waals surface area contributed by atoms with E-state index in [0.29, 0.717) is 41.3 Å². The van der Waals surface area contributed by atoms with E-state index in [1.165, 1.54) is 6.20 Å². The maximum Gasteiger partial charge on any atom is 0.232 e. The quantitative estimate of drug-likeness (QED) is 0.179. The van der Waals surface area contributed by atoms with Crippen LogP contribution >= 0.6 is 0 Å². The first-order chi connectivity index (χ1) is 18.2. The molecule has 13 heteroatoms. The van der Waals surface area contributed by atoms with Gasteiger partial charge in [-0.05, 0) is 31.0 Å². The molecule has 38 heavy (non-hydrogen) atoms. The lowest BCUT2D eigenvalue weighted by Gasteiger charge is -2.11. The first kappa shape index (κ1) is 27.1. The van der Waals surface area contributed by atoms with Crippen molar-refractivity contribution >= 4 is 38.5 Å². The Morgan fingerprint density at radius 1 is 1.08 bits per heavy atom. The lowest BCUT2D eigenvalue weighted by Crippen LogP contribution is -2.19. The summed E-state index contributed by atoms with van der Waals surface area (Å²) in [5.41, 5.74) is 0.335. The minimum absolute atomic E-state index is 0.0829. The van der Waals surface area contributed by atoms with Crippen molar-refractivity contribution in [1.29, 1.82) is 0 Å². The normalized spacial score (nSPS) is 11.6. The second-order valence-electron chi connectivity index (χ2n) is 8.42. The van der Waals surface area contributed by atoms with Crippen molar-refractivity contribution in [1.82, 2.24) is 19.9 Å². The Bertz CT molecular complexity index is 1560. The molecule has 0 bridgehead atoms. The second-order valence-corrected chi connectivity index (χ2v) is 10.3. The highest BCUT2D eigenvalue weighted by Crippen LogP contribution is 2.29. The number of ketones is 1. The van der Waals surface area contributed by atoms with Crippen molar-refractivity contribution in [3.63, 3.8) is 0 Å². The molecule has 0 spiro atoms. The number of benzene rings is 1. The van der Waals surface area contributed by atoms with Gasteiger partial charge in [-0.15, -0.1) is 0 Å². The molecule has 3 heterocycles. The summed E-state index contributed by atoms with van der Waals surface area (Å²) in [5, 5.41) is 3.48. The summed E-state index contributed by atoms with van der Waals surface area (Å²) in [5.74, 6) is -3.06. The fourth-order valence-electron chi connectivity index (χ4n) is 3.78. The Kier molecular flexibility index (Phi) is 8.27. The van der Waals surface area contributed by atoms with Gasteiger partial charge in [-0.2, -0.15) is 0 Å². The summed E-state index contributed by atoms with van der Waals surface area (Å²) in [7, 11) is -2.36. The van der Waals surface area contributed by atoms with Gasteiger partial charge in [0.05, 0.1) is 11.3 Å². The van der Waals surface area contributed by atoms with Crippen molar-refractivity contribution in [2.75, 3.05) is 36.1 Å². The number of H-pyrrole nitrogens is 1. The maximum atomic E-state index is 15.2. The molecule has 0 aliphatic heterocycles. The lowest BCUT2D eigenvalue weighted by atomic mass is 10.0. The first-order valence-corrected chi connectivity index (χ1v) is 13.4. The van der Waals surface area contributed by atoms with Gasteiger partial charge in [0.15, 0.2) is 11.6 Å². The molecule has 200 valence electrons. The third kappa shape index (κ3) is 5.94. The first-order valence-electron chi connectivity index (χ1n) is 11.8. The highest BCUT2D eigenvalue weighted by molar-refractivity contribution is 7.92. The van der Waals surface area contributed by atoms with Gasteiger partial charge < -0.3 is 15.0 Å². The molecule has 4 aromatic rings. The summed E-state index contributed by atoms with van der Waals surface area (Å²) in [4.78, 5) is 29.1. The minimum atomic E-state index is -3.99. The van der Waals surface area contributed by atoms with Gasteiger partial charge >= 0.3 is 0 Å². The summed E-state index contributed by atoms with van der Waals surface area (Å²) in [6, 6.07) is 3.51. The van der Waals surface area contributed by atoms with Crippen LogP contribution in [-0.4, -0.2) is 60.2 Å². The zero-order valence-electron chi connectivity index (χ0n) is 20.7. The Morgan fingerprint density at radius 3 is 2.53 bits per heavy atom. The third-order valence-electron chi connectivity index (χ3n) is 5.64. The van der Waals surface area contributed by atoms with Crippen LogP contribution in [0.25, 0.3) is 22.2 Å². The van der Waals surface area contributed by atoms with Gasteiger partial charge in [0.2, 0.25) is 16.0 Å². The van der Waals surface area contributed by atoms with Crippen LogP contribution < -0.4 is 10.0 Å². The number of rotatable bonds is 12. The van der Waals surface area contributed by atoms with Crippen molar-refractivity contribution in [3.05, 3.63) is 65.7 Å². The highest BCUT2D eigenvalue weighted by Gasteiger charge is 2.25. The number of pyridine rings is 1. The average molecular weight is 545 g/mol. The minimum Gasteiger partial charge on any atom is -0.385 e. The SMILES string of the molecule is CCCS(=O)(=O)Nc1c(F)ccc(C(=O)c2c[nH]c3ncc(-c4cnc(NCCCOC)nc4)cc23)c1F. The number of fused-ring (bicyclic) bond motifs is 1. The van der Waals surface area contributed by atoms with Gasteiger partial charge in [0.25, 0.3) is 0 Å². The molecule has 0 radical (unpaired) electrons. The molecule has 4 rings (SSSR count). The molecule has 0 saturated carbocycles. The van der Waals surface area contributed by atoms with Crippen LogP contribution in [0.15, 0.2) is 43.0 Å². The number of halogens is 2. The van der Waals surface area contributed by atoms with Gasteiger partial charge in [-0.3, -0.25) is 9.52 Å². The molecule has 0 aliphatic carbocycles. The molecule has 0 aliphatic rings. The van der Waals surface area contributed by atoms with E-state index in [0.717, 1.165) is 18.6 Å². The van der Waals surface area contributed by atoms with Gasteiger partial charge in [0, 0.05) is 67.1 Å². The number of nitrogens with zero attached hydrogens (tertiary/aromatic N) is 3. The number of hydrogen-bond donors (Lipinski definition) is 3. The van der Waals surface area contributed by atoms with E-state index in [-0.39, 0.29) is 17.7 Å². The number of aromatic nitrogens is 4. The number of carbonyl (C=O) groups excluding carboxylic acids is 1. The Hall–Kier alpha value is -3.97. The Labute approximate surface area is 217 Å². The van der Waals surface area contributed by atoms with Crippen molar-refractivity contribution < 1.29 is 26.7 Å². The van der Waals surface area contributed by atoms with E-state index < -0.39 is 38.7 Å². The largest absolute Gasteiger partial charge is 0.385 e. The predicted molar refractivity (Wildman–Crippen MR) is 140 cm³/mol. The van der Waals surface area contributed by atoms with Gasteiger partial charge in [-0.1, -0.05) is 6.92 Å². The van der Waals surface area contributed by atoms with Gasteiger partial charge in [-0.25, -0.2) is 32.2 Å². The van der Waals surface area contributed by atoms with Crippen molar-refractivity contribution in [3.8, 4) is 11.1 Å². The number of methoxy groups -OCH3 is 1. The number of sulfonamides is 1. The molecule has 10 nitrogen and oxygen atoms in total. The van der Waals surface area contributed by atoms with Crippen LogP contribution in [0.5, 0.6) is 0 Å². The molecule has 0 saturated heterocycles. The molecular weight excluding hydrogens is 518 g/mol. The summed E-state index contributed by atoms with van der Waals surface area (Å²) < 4.78 is 60.6. The fourth-order valence-corrected chi connectivity index (χ4v) is 4.91. The number of carbonyl (C=O) groups is 1. The third-order valence-corrected chi connectivity index (χ3v) is 7.10. The van der Waals surface area contributed by atoms with E-state index in [1.807, 2.05) is 4.72 Å². The molecule has 0 fully saturated rings. The topological polar surface area (TPSA) is 139 Å². The second kappa shape index (κ2) is 11.6. The number of anilines is 2. The van der Waals surface area contributed by atoms with Crippen molar-refractivity contribution in [2.24, 2.45) is 0 Å². The van der Waals surface area contributed by atoms with Crippen LogP contribution in [0.4, 0.5) is 20.4 Å². The van der Waals surface area contributed by atoms with E-state index >= 15 is 4.39 Å². The molecular formula is C25H26F2N6O4S. The summed E-state index contributed by atoms with van der Waals surface area (Å²) in [6.45, 7) is 2.89. The smallest absolute Gasteiger partial charge is 0.232 e. The molecule has 3 N–H and O–H groups in total. The van der Waals surface area contributed by atoms with Crippen LogP contribution in [0, 0.1) is 11.6 Å². The Balaban J connectivity index is 1.63. The maximum absolute atomic E-state index is 15.2. The zero-order chi connectivity index (χ0) is 27.3. The number of ether oxygens (including phenoxy) is 1. The molecule has 0 atom stereocenters. The summed E-state index contributed by atoms with van der Waals surface area (Å²) >= 11 is 0. The van der Waals surface area contributed by atoms with Crippen LogP contribution in [0.1, 0.15) is 35.7 Å². The van der Waals surface area contributed by atoms with E-state index in [2.05, 4.69) is 25.3 Å². The highest BCUT2D eigenvalue weighted by atomic mass is 32.2. The van der Waals surface area contributed by atoms with E-state index in [1.54, 1.807) is 38.7 Å². The lowest BCUT2D eigenvalue weighted by molar-refractivity contribution is 0.103. The fraction of sp³-hybridized carbons (Fsp3) is 0.280. The van der Waals surface area contributed by atoms with Crippen molar-refractivity contribution in [2.45, 2.75) is 19.8 Å². The number of hydrogen-bond acceptors (Lipinski definition) is 8. The van der Waals surface area contributed by atoms with Crippen LogP contribution in [-0.2, 0) is 14.8 Å². The molecule has 0 amide bonds. The van der Waals surface area contributed by atoms with Crippen LogP contribution in [0.2, 0.25) is 0 Å². The number of aromatic amines is 1. The molecule has 1 aromatic carbocycles. The summed E-state index contributed by atoms with van der Waals surface area (Å²) in [6.07, 6.45) is 7.22. The number of nitrogens with one attached hydrogen (secondary N) is 3. The average Bonchev–Trinajstić information content (AvgIpc) is 3.32. The van der Waals surface area contributed by atoms with E-state index in [4.69, 9.17) is 4.74 Å². The van der Waals surface area contributed by atoms with Crippen LogP contribution in [0.3, 0.4) is 0 Å². The molecule has 3 aromatic heterocycles.